The normalized spacial score (nSPS) is 9.88. The maximum absolute atomic E-state index is 10.6. The van der Waals surface area contributed by atoms with Crippen molar-refractivity contribution in [3.05, 3.63) is 27.9 Å². The summed E-state index contributed by atoms with van der Waals surface area (Å²) in [6.07, 6.45) is -0.171. The van der Waals surface area contributed by atoms with E-state index in [0.29, 0.717) is 5.88 Å². The zero-order valence-electron chi connectivity index (χ0n) is 9.01. The largest absolute Gasteiger partial charge is 0.475 e. The maximum atomic E-state index is 10.6. The first kappa shape index (κ1) is 11.9. The highest BCUT2D eigenvalue weighted by Gasteiger charge is 2.16. The molecular formula is C10H11N3O3. The van der Waals surface area contributed by atoms with Crippen LogP contribution < -0.4 is 4.74 Å². The molecule has 84 valence electrons. The molecule has 0 fully saturated rings. The Morgan fingerprint density at radius 1 is 1.62 bits per heavy atom. The second-order valence-electron chi connectivity index (χ2n) is 3.37. The molecule has 0 saturated heterocycles. The molecule has 1 aromatic heterocycles. The van der Waals surface area contributed by atoms with Crippen molar-refractivity contribution < 1.29 is 9.66 Å². The summed E-state index contributed by atoms with van der Waals surface area (Å²) >= 11 is 0. The fourth-order valence-electron chi connectivity index (χ4n) is 1.15. The third kappa shape index (κ3) is 2.92. The third-order valence-corrected chi connectivity index (χ3v) is 1.72. The zero-order chi connectivity index (χ0) is 12.1. The Morgan fingerprint density at radius 3 is 2.81 bits per heavy atom. The highest BCUT2D eigenvalue weighted by Crippen LogP contribution is 2.21. The van der Waals surface area contributed by atoms with Crippen molar-refractivity contribution in [2.24, 2.45) is 0 Å². The van der Waals surface area contributed by atoms with Gasteiger partial charge in [0.2, 0.25) is 5.88 Å². The van der Waals surface area contributed by atoms with Gasteiger partial charge in [-0.15, -0.1) is 0 Å². The van der Waals surface area contributed by atoms with Crippen molar-refractivity contribution >= 4 is 5.69 Å². The highest BCUT2D eigenvalue weighted by atomic mass is 16.6. The molecule has 0 aliphatic heterocycles. The molecule has 1 aromatic rings. The number of aromatic nitrogens is 1. The van der Waals surface area contributed by atoms with Gasteiger partial charge in [-0.1, -0.05) is 0 Å². The molecule has 0 aliphatic rings. The molecule has 0 radical (unpaired) electrons. The van der Waals surface area contributed by atoms with E-state index in [2.05, 4.69) is 4.98 Å². The monoisotopic (exact) mass is 221 g/mol. The van der Waals surface area contributed by atoms with Crippen molar-refractivity contribution in [1.82, 2.24) is 4.98 Å². The number of nitro groups is 1. The number of nitrogens with zero attached hydrogens (tertiary/aromatic N) is 3. The molecule has 6 heteroatoms. The van der Waals surface area contributed by atoms with Crippen molar-refractivity contribution in [3.63, 3.8) is 0 Å². The Hall–Kier alpha value is -2.16. The first-order valence-electron chi connectivity index (χ1n) is 4.72. The molecule has 0 bridgehead atoms. The van der Waals surface area contributed by atoms with Gasteiger partial charge < -0.3 is 4.74 Å². The Balaban J connectivity index is 3.08. The van der Waals surface area contributed by atoms with Crippen molar-refractivity contribution in [2.75, 3.05) is 0 Å². The molecular weight excluding hydrogens is 210 g/mol. The lowest BCUT2D eigenvalue weighted by molar-refractivity contribution is -0.385. The van der Waals surface area contributed by atoms with Crippen LogP contribution in [0.2, 0.25) is 0 Å². The Kier molecular flexibility index (Phi) is 3.78. The van der Waals surface area contributed by atoms with Crippen LogP contribution in [0.1, 0.15) is 19.5 Å². The molecule has 0 spiro atoms. The van der Waals surface area contributed by atoms with Crippen LogP contribution in [0.25, 0.3) is 0 Å². The summed E-state index contributed by atoms with van der Waals surface area (Å²) in [7, 11) is 0. The molecule has 16 heavy (non-hydrogen) atoms. The molecule has 0 N–H and O–H groups in total. The first-order chi connectivity index (χ1) is 7.54. The number of ether oxygens (including phenoxy) is 1. The summed E-state index contributed by atoms with van der Waals surface area (Å²) in [5.74, 6) is 0.297. The van der Waals surface area contributed by atoms with Gasteiger partial charge in [-0.3, -0.25) is 10.1 Å². The molecule has 1 rings (SSSR count). The van der Waals surface area contributed by atoms with Gasteiger partial charge in [0.05, 0.1) is 23.5 Å². The average molecular weight is 221 g/mol. The summed E-state index contributed by atoms with van der Waals surface area (Å²) in [6, 6.07) is 4.57. The van der Waals surface area contributed by atoms with E-state index in [0.717, 1.165) is 0 Å². The average Bonchev–Trinajstić information content (AvgIpc) is 2.17. The van der Waals surface area contributed by atoms with Crippen LogP contribution in [0.15, 0.2) is 12.1 Å². The number of nitriles is 1. The number of hydrogen-bond donors (Lipinski definition) is 0. The standard InChI is InChI=1S/C10H11N3O3/c1-7(2)16-10-4-3-9(13(14)15)8(12-10)5-6-11/h3-4,7H,5H2,1-2H3. The van der Waals surface area contributed by atoms with E-state index >= 15 is 0 Å². The molecule has 0 aliphatic carbocycles. The van der Waals surface area contributed by atoms with E-state index in [1.54, 1.807) is 0 Å². The van der Waals surface area contributed by atoms with Crippen LogP contribution in [0, 0.1) is 21.4 Å². The van der Waals surface area contributed by atoms with Crippen LogP contribution in [-0.4, -0.2) is 16.0 Å². The van der Waals surface area contributed by atoms with Crippen molar-refractivity contribution in [3.8, 4) is 11.9 Å². The van der Waals surface area contributed by atoms with Gasteiger partial charge in [0, 0.05) is 12.1 Å². The SMILES string of the molecule is CC(C)Oc1ccc([N+](=O)[O-])c(CC#N)n1. The Morgan fingerprint density at radius 2 is 2.31 bits per heavy atom. The van der Waals surface area contributed by atoms with E-state index in [1.165, 1.54) is 12.1 Å². The summed E-state index contributed by atoms with van der Waals surface area (Å²) in [6.45, 7) is 3.65. The van der Waals surface area contributed by atoms with E-state index in [1.807, 2.05) is 19.9 Å². The maximum Gasteiger partial charge on any atom is 0.292 e. The lowest BCUT2D eigenvalue weighted by atomic mass is 10.2. The van der Waals surface area contributed by atoms with E-state index in [9.17, 15) is 10.1 Å². The molecule has 0 saturated carbocycles. The lowest BCUT2D eigenvalue weighted by Gasteiger charge is -2.08. The smallest absolute Gasteiger partial charge is 0.292 e. The van der Waals surface area contributed by atoms with Crippen LogP contribution in [0.4, 0.5) is 5.69 Å². The van der Waals surface area contributed by atoms with Gasteiger partial charge in [0.15, 0.2) is 0 Å². The first-order valence-corrected chi connectivity index (χ1v) is 4.72. The van der Waals surface area contributed by atoms with Gasteiger partial charge in [-0.25, -0.2) is 4.98 Å². The van der Waals surface area contributed by atoms with Crippen LogP contribution in [0.3, 0.4) is 0 Å². The van der Waals surface area contributed by atoms with Gasteiger partial charge in [-0.05, 0) is 13.8 Å². The summed E-state index contributed by atoms with van der Waals surface area (Å²) in [4.78, 5) is 14.0. The van der Waals surface area contributed by atoms with E-state index in [-0.39, 0.29) is 23.9 Å². The quantitative estimate of drug-likeness (QED) is 0.571. The molecule has 0 aromatic carbocycles. The second kappa shape index (κ2) is 5.07. The number of hydrogen-bond acceptors (Lipinski definition) is 5. The molecule has 1 heterocycles. The molecule has 0 amide bonds. The minimum Gasteiger partial charge on any atom is -0.475 e. The number of pyridine rings is 1. The molecule has 6 nitrogen and oxygen atoms in total. The summed E-state index contributed by atoms with van der Waals surface area (Å²) in [5.41, 5.74) is -0.0247. The summed E-state index contributed by atoms with van der Waals surface area (Å²) in [5, 5.41) is 19.2. The fourth-order valence-corrected chi connectivity index (χ4v) is 1.15. The predicted molar refractivity (Wildman–Crippen MR) is 56.0 cm³/mol. The van der Waals surface area contributed by atoms with Gasteiger partial charge in [-0.2, -0.15) is 5.26 Å². The number of rotatable bonds is 4. The van der Waals surface area contributed by atoms with Crippen molar-refractivity contribution in [2.45, 2.75) is 26.4 Å². The third-order valence-electron chi connectivity index (χ3n) is 1.72. The molecule has 0 unspecified atom stereocenters. The Labute approximate surface area is 92.6 Å². The second-order valence-corrected chi connectivity index (χ2v) is 3.37. The fraction of sp³-hybridized carbons (Fsp3) is 0.400. The minimum absolute atomic E-state index is 0.0658. The van der Waals surface area contributed by atoms with Gasteiger partial charge >= 0.3 is 0 Å². The lowest BCUT2D eigenvalue weighted by Crippen LogP contribution is -2.08. The predicted octanol–water partition coefficient (Wildman–Crippen LogP) is 1.84. The minimum atomic E-state index is -0.557. The van der Waals surface area contributed by atoms with Gasteiger partial charge in [0.1, 0.15) is 5.69 Å². The van der Waals surface area contributed by atoms with Crippen LogP contribution >= 0.6 is 0 Å². The van der Waals surface area contributed by atoms with Crippen LogP contribution in [0.5, 0.6) is 5.88 Å². The molecule has 0 atom stereocenters. The zero-order valence-corrected chi connectivity index (χ0v) is 9.01. The topological polar surface area (TPSA) is 89.0 Å². The van der Waals surface area contributed by atoms with E-state index < -0.39 is 4.92 Å². The van der Waals surface area contributed by atoms with Gasteiger partial charge in [0.25, 0.3) is 5.69 Å². The van der Waals surface area contributed by atoms with Crippen molar-refractivity contribution in [1.29, 1.82) is 5.26 Å². The van der Waals surface area contributed by atoms with E-state index in [4.69, 9.17) is 10.00 Å². The Bertz CT molecular complexity index is 437. The van der Waals surface area contributed by atoms with Crippen LogP contribution in [-0.2, 0) is 6.42 Å². The summed E-state index contributed by atoms with van der Waals surface area (Å²) < 4.78 is 5.29. The highest BCUT2D eigenvalue weighted by molar-refractivity contribution is 5.39.